The summed E-state index contributed by atoms with van der Waals surface area (Å²) in [5.74, 6) is 0.342. The minimum absolute atomic E-state index is 0.179. The molecule has 1 aromatic heterocycles. The van der Waals surface area contributed by atoms with Crippen LogP contribution in [0.25, 0.3) is 0 Å². The number of carbonyl (C=O) groups is 1. The Balaban J connectivity index is 2.07. The number of carbonyl (C=O) groups excluding carboxylic acids is 1. The standard InChI is InChI=1S/C14H23FN4O/c1-5-18-7-6-12(17-18)16-13(20)11-8-10(15)9-19(11)14(2,3)4/h6-7,10-11H,5,8-9H2,1-4H3,(H,16,17,20)/t10-,11+/m1/s1. The lowest BCUT2D eigenvalue weighted by Crippen LogP contribution is -2.49. The largest absolute Gasteiger partial charge is 0.308 e. The molecule has 1 aromatic rings. The highest BCUT2D eigenvalue weighted by molar-refractivity contribution is 5.94. The molecule has 1 aliphatic heterocycles. The van der Waals surface area contributed by atoms with E-state index in [2.05, 4.69) is 10.4 Å². The number of likely N-dealkylation sites (tertiary alicyclic amines) is 1. The summed E-state index contributed by atoms with van der Waals surface area (Å²) in [5, 5.41) is 7.00. The van der Waals surface area contributed by atoms with Gasteiger partial charge < -0.3 is 5.32 Å². The van der Waals surface area contributed by atoms with Gasteiger partial charge >= 0.3 is 0 Å². The van der Waals surface area contributed by atoms with Crippen LogP contribution in [-0.2, 0) is 11.3 Å². The zero-order valence-electron chi connectivity index (χ0n) is 12.6. The van der Waals surface area contributed by atoms with Gasteiger partial charge in [0, 0.05) is 37.3 Å². The molecule has 1 saturated heterocycles. The third-order valence-electron chi connectivity index (χ3n) is 3.63. The van der Waals surface area contributed by atoms with Gasteiger partial charge in [-0.25, -0.2) is 4.39 Å². The lowest BCUT2D eigenvalue weighted by molar-refractivity contribution is -0.122. The van der Waals surface area contributed by atoms with Gasteiger partial charge in [-0.3, -0.25) is 14.4 Å². The Morgan fingerprint density at radius 3 is 2.80 bits per heavy atom. The molecule has 0 aromatic carbocycles. The molecule has 0 saturated carbocycles. The normalized spacial score (nSPS) is 24.1. The van der Waals surface area contributed by atoms with Gasteiger partial charge in [0.1, 0.15) is 6.17 Å². The Morgan fingerprint density at radius 2 is 2.25 bits per heavy atom. The molecule has 0 spiro atoms. The quantitative estimate of drug-likeness (QED) is 0.923. The van der Waals surface area contributed by atoms with Crippen molar-refractivity contribution < 1.29 is 9.18 Å². The molecule has 1 aliphatic rings. The molecule has 1 N–H and O–H groups in total. The van der Waals surface area contributed by atoms with E-state index in [1.165, 1.54) is 0 Å². The number of anilines is 1. The van der Waals surface area contributed by atoms with Gasteiger partial charge in [0.15, 0.2) is 5.82 Å². The number of alkyl halides is 1. The van der Waals surface area contributed by atoms with Crippen molar-refractivity contribution in [2.75, 3.05) is 11.9 Å². The van der Waals surface area contributed by atoms with Gasteiger partial charge in [-0.2, -0.15) is 5.10 Å². The van der Waals surface area contributed by atoms with Gasteiger partial charge in [-0.1, -0.05) is 0 Å². The Morgan fingerprint density at radius 1 is 1.55 bits per heavy atom. The second kappa shape index (κ2) is 5.52. The minimum atomic E-state index is -0.946. The van der Waals surface area contributed by atoms with E-state index in [0.717, 1.165) is 6.54 Å². The highest BCUT2D eigenvalue weighted by atomic mass is 19.1. The third kappa shape index (κ3) is 3.17. The first kappa shape index (κ1) is 15.0. The number of halogens is 1. The summed E-state index contributed by atoms with van der Waals surface area (Å²) >= 11 is 0. The first-order valence-electron chi connectivity index (χ1n) is 7.06. The van der Waals surface area contributed by atoms with Gasteiger partial charge in [-0.05, 0) is 27.7 Å². The van der Waals surface area contributed by atoms with Crippen LogP contribution in [0.5, 0.6) is 0 Å². The minimum Gasteiger partial charge on any atom is -0.308 e. The first-order chi connectivity index (χ1) is 9.31. The maximum atomic E-state index is 13.7. The topological polar surface area (TPSA) is 50.2 Å². The molecule has 2 rings (SSSR count). The van der Waals surface area contributed by atoms with E-state index >= 15 is 0 Å². The van der Waals surface area contributed by atoms with Crippen LogP contribution in [0.3, 0.4) is 0 Å². The lowest BCUT2D eigenvalue weighted by atomic mass is 10.0. The smallest absolute Gasteiger partial charge is 0.243 e. The lowest BCUT2D eigenvalue weighted by Gasteiger charge is -2.35. The molecule has 2 heterocycles. The number of hydrogen-bond acceptors (Lipinski definition) is 3. The number of hydrogen-bond donors (Lipinski definition) is 1. The van der Waals surface area contributed by atoms with E-state index in [4.69, 9.17) is 0 Å². The van der Waals surface area contributed by atoms with Crippen molar-refractivity contribution in [2.45, 2.75) is 58.4 Å². The van der Waals surface area contributed by atoms with Crippen LogP contribution >= 0.6 is 0 Å². The number of nitrogens with one attached hydrogen (secondary N) is 1. The zero-order chi connectivity index (χ0) is 14.9. The zero-order valence-corrected chi connectivity index (χ0v) is 12.6. The van der Waals surface area contributed by atoms with Gasteiger partial charge in [0.05, 0.1) is 6.04 Å². The first-order valence-corrected chi connectivity index (χ1v) is 7.06. The second-order valence-corrected chi connectivity index (χ2v) is 6.22. The number of nitrogens with zero attached hydrogens (tertiary/aromatic N) is 3. The highest BCUT2D eigenvalue weighted by Gasteiger charge is 2.42. The fourth-order valence-electron chi connectivity index (χ4n) is 2.59. The van der Waals surface area contributed by atoms with Gasteiger partial charge in [-0.15, -0.1) is 0 Å². The predicted molar refractivity (Wildman–Crippen MR) is 76.3 cm³/mol. The molecule has 112 valence electrons. The molecule has 6 heteroatoms. The number of aromatic nitrogens is 2. The van der Waals surface area contributed by atoms with Gasteiger partial charge in [0.25, 0.3) is 0 Å². The van der Waals surface area contributed by atoms with Crippen LogP contribution in [0.15, 0.2) is 12.3 Å². The molecule has 2 atom stereocenters. The molecule has 5 nitrogen and oxygen atoms in total. The van der Waals surface area contributed by atoms with Gasteiger partial charge in [0.2, 0.25) is 5.91 Å². The molecular weight excluding hydrogens is 259 g/mol. The van der Waals surface area contributed by atoms with Crippen LogP contribution in [0.2, 0.25) is 0 Å². The molecule has 1 fully saturated rings. The second-order valence-electron chi connectivity index (χ2n) is 6.22. The fraction of sp³-hybridized carbons (Fsp3) is 0.714. The van der Waals surface area contributed by atoms with Crippen molar-refractivity contribution in [3.8, 4) is 0 Å². The van der Waals surface area contributed by atoms with Crippen molar-refractivity contribution >= 4 is 11.7 Å². The van der Waals surface area contributed by atoms with E-state index in [1.54, 1.807) is 10.7 Å². The molecular formula is C14H23FN4O. The predicted octanol–water partition coefficient (Wildman–Crippen LogP) is 2.05. The fourth-order valence-corrected chi connectivity index (χ4v) is 2.59. The van der Waals surface area contributed by atoms with Crippen LogP contribution in [0.1, 0.15) is 34.1 Å². The monoisotopic (exact) mass is 282 g/mol. The summed E-state index contributed by atoms with van der Waals surface area (Å²) in [7, 11) is 0. The molecule has 1 amide bonds. The average Bonchev–Trinajstić information content (AvgIpc) is 2.94. The van der Waals surface area contributed by atoms with Crippen molar-refractivity contribution in [1.82, 2.24) is 14.7 Å². The molecule has 0 aliphatic carbocycles. The summed E-state index contributed by atoms with van der Waals surface area (Å²) in [6, 6.07) is 1.32. The summed E-state index contributed by atoms with van der Waals surface area (Å²) in [6.45, 7) is 9.03. The number of amides is 1. The summed E-state index contributed by atoms with van der Waals surface area (Å²) in [6.07, 6.45) is 1.11. The molecule has 0 bridgehead atoms. The maximum absolute atomic E-state index is 13.7. The Hall–Kier alpha value is -1.43. The van der Waals surface area contributed by atoms with Crippen molar-refractivity contribution in [3.63, 3.8) is 0 Å². The summed E-state index contributed by atoms with van der Waals surface area (Å²) < 4.78 is 15.4. The van der Waals surface area contributed by atoms with E-state index in [9.17, 15) is 9.18 Å². The van der Waals surface area contributed by atoms with E-state index in [-0.39, 0.29) is 17.9 Å². The van der Waals surface area contributed by atoms with Crippen molar-refractivity contribution in [1.29, 1.82) is 0 Å². The van der Waals surface area contributed by atoms with E-state index in [1.807, 2.05) is 38.8 Å². The van der Waals surface area contributed by atoms with Crippen LogP contribution < -0.4 is 5.32 Å². The third-order valence-corrected chi connectivity index (χ3v) is 3.63. The molecule has 20 heavy (non-hydrogen) atoms. The van der Waals surface area contributed by atoms with Crippen LogP contribution in [0, 0.1) is 0 Å². The Bertz CT molecular complexity index is 480. The highest BCUT2D eigenvalue weighted by Crippen LogP contribution is 2.28. The molecule has 0 unspecified atom stereocenters. The van der Waals surface area contributed by atoms with Crippen molar-refractivity contribution in [3.05, 3.63) is 12.3 Å². The van der Waals surface area contributed by atoms with Crippen LogP contribution in [-0.4, -0.2) is 44.9 Å². The number of aryl methyl sites for hydroxylation is 1. The molecule has 0 radical (unpaired) electrons. The Labute approximate surface area is 119 Å². The van der Waals surface area contributed by atoms with Crippen LogP contribution in [0.4, 0.5) is 10.2 Å². The van der Waals surface area contributed by atoms with Crippen molar-refractivity contribution in [2.24, 2.45) is 0 Å². The summed E-state index contributed by atoms with van der Waals surface area (Å²) in [4.78, 5) is 14.3. The van der Waals surface area contributed by atoms with E-state index in [0.29, 0.717) is 12.4 Å². The number of rotatable bonds is 3. The Kier molecular flexibility index (Phi) is 4.13. The summed E-state index contributed by atoms with van der Waals surface area (Å²) in [5.41, 5.74) is -0.231. The SMILES string of the molecule is CCn1ccc(NC(=O)[C@@H]2C[C@@H](F)CN2C(C)(C)C)n1. The average molecular weight is 282 g/mol. The van der Waals surface area contributed by atoms with E-state index < -0.39 is 12.2 Å². The maximum Gasteiger partial charge on any atom is 0.243 e.